The lowest BCUT2D eigenvalue weighted by atomic mass is 9.97. The fourth-order valence-corrected chi connectivity index (χ4v) is 5.50. The molecule has 0 aliphatic carbocycles. The van der Waals surface area contributed by atoms with Crippen molar-refractivity contribution < 1.29 is 0 Å². The largest absolute Gasteiger partial charge is 0.351 e. The van der Waals surface area contributed by atoms with E-state index in [9.17, 15) is 0 Å². The van der Waals surface area contributed by atoms with Gasteiger partial charge in [0.15, 0.2) is 0 Å². The molecular weight excluding hydrogens is 416 g/mol. The van der Waals surface area contributed by atoms with E-state index in [1.165, 1.54) is 5.39 Å². The van der Waals surface area contributed by atoms with E-state index in [4.69, 9.17) is 17.8 Å². The summed E-state index contributed by atoms with van der Waals surface area (Å²) in [6.07, 6.45) is 1.14. The molecule has 0 spiro atoms. The van der Waals surface area contributed by atoms with E-state index in [-0.39, 0.29) is 0 Å². The molecule has 1 unspecified atom stereocenters. The van der Waals surface area contributed by atoms with Gasteiger partial charge in [0, 0.05) is 10.6 Å². The molecule has 1 aliphatic rings. The Morgan fingerprint density at radius 3 is 2.90 bits per heavy atom. The lowest BCUT2D eigenvalue weighted by molar-refractivity contribution is 0.379. The number of hydrogen-bond acceptors (Lipinski definition) is 6. The molecule has 0 saturated carbocycles. The smallest absolute Gasteiger partial charge is 0.114 e. The summed E-state index contributed by atoms with van der Waals surface area (Å²) in [6.45, 7) is 9.78. The van der Waals surface area contributed by atoms with Gasteiger partial charge in [0.05, 0.1) is 23.4 Å². The molecule has 7 heteroatoms. The number of hydrogen-bond donors (Lipinski definition) is 3. The van der Waals surface area contributed by atoms with Gasteiger partial charge in [-0.2, -0.15) is 0 Å². The van der Waals surface area contributed by atoms with Crippen LogP contribution in [0.2, 0.25) is 0 Å². The summed E-state index contributed by atoms with van der Waals surface area (Å²) in [6, 6.07) is 12.7. The third-order valence-corrected chi connectivity index (χ3v) is 7.53. The lowest BCUT2D eigenvalue weighted by Crippen LogP contribution is -2.29. The van der Waals surface area contributed by atoms with E-state index in [0.717, 1.165) is 53.0 Å². The molecular formula is C22H28N4S3. The maximum Gasteiger partial charge on any atom is 0.114 e. The van der Waals surface area contributed by atoms with Crippen LogP contribution in [0.25, 0.3) is 10.9 Å². The first-order valence-electron chi connectivity index (χ1n) is 9.97. The minimum Gasteiger partial charge on any atom is -0.351 e. The molecule has 2 aromatic heterocycles. The summed E-state index contributed by atoms with van der Waals surface area (Å²) < 4.78 is 1.95. The maximum atomic E-state index is 4.82. The number of nitrogens with one attached hydrogen (secondary N) is 2. The Balaban J connectivity index is 1.43. The molecule has 0 amide bonds. The highest BCUT2D eigenvalue weighted by Gasteiger charge is 2.23. The SMILES string of the molecule is CC(C)(C)CNCCC1CN=C(c2cc3cccc(N(S)c4cccs4)c3[nH]2)S1. The molecule has 1 aliphatic heterocycles. The van der Waals surface area contributed by atoms with E-state index >= 15 is 0 Å². The highest BCUT2D eigenvalue weighted by Crippen LogP contribution is 2.37. The third kappa shape index (κ3) is 5.02. The fourth-order valence-electron chi connectivity index (χ4n) is 3.38. The summed E-state index contributed by atoms with van der Waals surface area (Å²) in [7, 11) is 0. The van der Waals surface area contributed by atoms with Gasteiger partial charge in [-0.15, -0.1) is 11.3 Å². The Hall–Kier alpha value is -1.41. The number of nitrogens with zero attached hydrogens (tertiary/aromatic N) is 2. The van der Waals surface area contributed by atoms with Crippen molar-refractivity contribution in [3.8, 4) is 0 Å². The van der Waals surface area contributed by atoms with Crippen molar-refractivity contribution in [2.24, 2.45) is 10.4 Å². The van der Waals surface area contributed by atoms with Crippen LogP contribution in [0.1, 0.15) is 32.9 Å². The Morgan fingerprint density at radius 2 is 2.14 bits per heavy atom. The maximum absolute atomic E-state index is 4.82. The molecule has 0 radical (unpaired) electrons. The zero-order valence-electron chi connectivity index (χ0n) is 17.1. The Bertz CT molecular complexity index is 985. The predicted molar refractivity (Wildman–Crippen MR) is 133 cm³/mol. The van der Waals surface area contributed by atoms with Gasteiger partial charge in [0.25, 0.3) is 0 Å². The Morgan fingerprint density at radius 1 is 1.28 bits per heavy atom. The van der Waals surface area contributed by atoms with Gasteiger partial charge in [-0.05, 0) is 54.6 Å². The first-order valence-corrected chi connectivity index (χ1v) is 12.1. The summed E-state index contributed by atoms with van der Waals surface area (Å²) in [5, 5.41) is 9.61. The van der Waals surface area contributed by atoms with Gasteiger partial charge in [0.1, 0.15) is 10.0 Å². The van der Waals surface area contributed by atoms with Crippen LogP contribution in [-0.2, 0) is 0 Å². The van der Waals surface area contributed by atoms with Crippen LogP contribution in [0.15, 0.2) is 46.8 Å². The van der Waals surface area contributed by atoms with Gasteiger partial charge < -0.3 is 10.3 Å². The molecule has 4 rings (SSSR count). The highest BCUT2D eigenvalue weighted by atomic mass is 32.2. The molecule has 3 heterocycles. The monoisotopic (exact) mass is 444 g/mol. The van der Waals surface area contributed by atoms with E-state index in [1.54, 1.807) is 11.3 Å². The second-order valence-corrected chi connectivity index (χ2v) is 11.2. The molecule has 29 heavy (non-hydrogen) atoms. The standard InChI is InChI=1S/C22H28N4S3/c1-22(2,3)14-23-10-9-16-13-24-21(29-16)17-12-15-6-4-7-18(20(15)25-17)26(27)19-8-5-11-28-19/h4-8,11-12,16,23,25,27H,9-10,13-14H2,1-3H3. The van der Waals surface area contributed by atoms with Crippen molar-refractivity contribution >= 4 is 62.5 Å². The zero-order chi connectivity index (χ0) is 20.4. The van der Waals surface area contributed by atoms with Crippen LogP contribution < -0.4 is 9.62 Å². The lowest BCUT2D eigenvalue weighted by Gasteiger charge is -2.19. The number of thiol groups is 1. The number of H-pyrrole nitrogens is 1. The number of aliphatic imine (C=N–C) groups is 1. The van der Waals surface area contributed by atoms with Crippen molar-refractivity contribution in [2.75, 3.05) is 23.9 Å². The van der Waals surface area contributed by atoms with Crippen LogP contribution in [0.3, 0.4) is 0 Å². The van der Waals surface area contributed by atoms with Crippen LogP contribution in [0, 0.1) is 5.41 Å². The number of thioether (sulfide) groups is 1. The Labute approximate surface area is 186 Å². The number of thiophene rings is 1. The molecule has 154 valence electrons. The van der Waals surface area contributed by atoms with E-state index in [2.05, 4.69) is 66.8 Å². The second kappa shape index (κ2) is 8.76. The van der Waals surface area contributed by atoms with Crippen LogP contribution in [0.4, 0.5) is 10.7 Å². The number of aromatic amines is 1. The first-order chi connectivity index (χ1) is 13.9. The van der Waals surface area contributed by atoms with Crippen LogP contribution in [0.5, 0.6) is 0 Å². The van der Waals surface area contributed by atoms with Crippen molar-refractivity contribution in [2.45, 2.75) is 32.4 Å². The number of benzene rings is 1. The van der Waals surface area contributed by atoms with E-state index < -0.39 is 0 Å². The van der Waals surface area contributed by atoms with Crippen LogP contribution >= 0.6 is 35.9 Å². The first kappa shape index (κ1) is 20.8. The van der Waals surface area contributed by atoms with E-state index in [0.29, 0.717) is 10.7 Å². The number of aromatic nitrogens is 1. The molecule has 1 aromatic carbocycles. The molecule has 0 fully saturated rings. The summed E-state index contributed by atoms with van der Waals surface area (Å²) in [4.78, 5) is 8.43. The molecule has 4 nitrogen and oxygen atoms in total. The molecule has 0 saturated heterocycles. The molecule has 2 N–H and O–H groups in total. The predicted octanol–water partition coefficient (Wildman–Crippen LogP) is 6.10. The van der Waals surface area contributed by atoms with Crippen molar-refractivity contribution in [3.63, 3.8) is 0 Å². The average molecular weight is 445 g/mol. The quantitative estimate of drug-likeness (QED) is 0.305. The number of para-hydroxylation sites is 1. The molecule has 0 bridgehead atoms. The van der Waals surface area contributed by atoms with Gasteiger partial charge in [-0.1, -0.05) is 57.5 Å². The van der Waals surface area contributed by atoms with E-state index in [1.807, 2.05) is 22.1 Å². The fraction of sp³-hybridized carbons (Fsp3) is 0.409. The van der Waals surface area contributed by atoms with Crippen molar-refractivity contribution in [1.82, 2.24) is 10.3 Å². The number of rotatable bonds is 7. The average Bonchev–Trinajstić information content (AvgIpc) is 3.43. The van der Waals surface area contributed by atoms with Gasteiger partial charge in [-0.25, -0.2) is 0 Å². The normalized spacial score (nSPS) is 17.1. The minimum atomic E-state index is 0.330. The zero-order valence-corrected chi connectivity index (χ0v) is 19.6. The number of fused-ring (bicyclic) bond motifs is 1. The Kier molecular flexibility index (Phi) is 6.30. The molecule has 1 atom stereocenters. The van der Waals surface area contributed by atoms with Crippen molar-refractivity contribution in [3.05, 3.63) is 47.5 Å². The topological polar surface area (TPSA) is 43.4 Å². The van der Waals surface area contributed by atoms with Gasteiger partial charge in [-0.3, -0.25) is 9.30 Å². The third-order valence-electron chi connectivity index (χ3n) is 4.82. The molecule has 3 aromatic rings. The summed E-state index contributed by atoms with van der Waals surface area (Å²) >= 11 is 8.31. The van der Waals surface area contributed by atoms with Crippen molar-refractivity contribution in [1.29, 1.82) is 0 Å². The minimum absolute atomic E-state index is 0.330. The number of anilines is 2. The highest BCUT2D eigenvalue weighted by molar-refractivity contribution is 8.15. The summed E-state index contributed by atoms with van der Waals surface area (Å²) in [5.74, 6) is 0. The second-order valence-electron chi connectivity index (χ2n) is 8.60. The van der Waals surface area contributed by atoms with Gasteiger partial charge in [0.2, 0.25) is 0 Å². The van der Waals surface area contributed by atoms with Gasteiger partial charge >= 0.3 is 0 Å². The summed E-state index contributed by atoms with van der Waals surface area (Å²) in [5.41, 5.74) is 3.60. The van der Waals surface area contributed by atoms with Crippen LogP contribution in [-0.4, -0.2) is 34.9 Å².